The summed E-state index contributed by atoms with van der Waals surface area (Å²) in [7, 11) is 0. The molecule has 5 nitrogen and oxygen atoms in total. The summed E-state index contributed by atoms with van der Waals surface area (Å²) in [4.78, 5) is 12.5. The van der Waals surface area contributed by atoms with E-state index < -0.39 is 0 Å². The van der Waals surface area contributed by atoms with E-state index in [1.807, 2.05) is 19.1 Å². The molecule has 2 aromatic carbocycles. The summed E-state index contributed by atoms with van der Waals surface area (Å²) < 4.78 is 1.41. The number of hydrogen-bond acceptors (Lipinski definition) is 4. The van der Waals surface area contributed by atoms with Crippen LogP contribution in [0.4, 0.5) is 0 Å². The zero-order chi connectivity index (χ0) is 17.3. The van der Waals surface area contributed by atoms with E-state index in [0.717, 1.165) is 5.56 Å². The minimum atomic E-state index is -0.191. The average molecular weight is 321 g/mol. The maximum atomic E-state index is 12.5. The Morgan fingerprint density at radius 1 is 1.12 bits per heavy atom. The molecule has 5 heteroatoms. The topological polar surface area (TPSA) is 68.0 Å². The Labute approximate surface area is 140 Å². The van der Waals surface area contributed by atoms with E-state index in [9.17, 15) is 9.90 Å². The lowest BCUT2D eigenvalue weighted by atomic mass is 10.00. The molecule has 1 aromatic heterocycles. The Bertz CT molecular complexity index is 880. The van der Waals surface area contributed by atoms with Crippen molar-refractivity contribution in [2.45, 2.75) is 26.7 Å². The molecule has 0 saturated carbocycles. The molecule has 24 heavy (non-hydrogen) atoms. The van der Waals surface area contributed by atoms with Crippen molar-refractivity contribution in [2.24, 2.45) is 0 Å². The van der Waals surface area contributed by atoms with Gasteiger partial charge in [-0.05, 0) is 36.1 Å². The Morgan fingerprint density at radius 3 is 2.50 bits per heavy atom. The minimum absolute atomic E-state index is 0.0887. The molecule has 1 heterocycles. The molecule has 0 amide bonds. The van der Waals surface area contributed by atoms with Crippen molar-refractivity contribution >= 4 is 5.78 Å². The summed E-state index contributed by atoms with van der Waals surface area (Å²) in [6.45, 7) is 6.13. The zero-order valence-corrected chi connectivity index (χ0v) is 13.9. The molecule has 122 valence electrons. The molecular weight excluding hydrogens is 302 g/mol. The van der Waals surface area contributed by atoms with Crippen LogP contribution < -0.4 is 0 Å². The van der Waals surface area contributed by atoms with Gasteiger partial charge < -0.3 is 5.11 Å². The van der Waals surface area contributed by atoms with Crippen LogP contribution in [-0.4, -0.2) is 25.9 Å². The third-order valence-corrected chi connectivity index (χ3v) is 3.94. The van der Waals surface area contributed by atoms with E-state index in [-0.39, 0.29) is 17.2 Å². The predicted molar refractivity (Wildman–Crippen MR) is 91.7 cm³/mol. The number of aryl methyl sites for hydroxylation is 1. The lowest BCUT2D eigenvalue weighted by Gasteiger charge is -2.05. The van der Waals surface area contributed by atoms with Gasteiger partial charge in [0.25, 0.3) is 0 Å². The van der Waals surface area contributed by atoms with Crippen molar-refractivity contribution in [3.05, 3.63) is 71.0 Å². The quantitative estimate of drug-likeness (QED) is 0.745. The molecule has 0 bridgehead atoms. The van der Waals surface area contributed by atoms with Crippen molar-refractivity contribution in [1.82, 2.24) is 15.0 Å². The highest BCUT2D eigenvalue weighted by molar-refractivity contribution is 6.07. The highest BCUT2D eigenvalue weighted by Gasteiger charge is 2.15. The van der Waals surface area contributed by atoms with E-state index in [1.165, 1.54) is 16.4 Å². The number of carbonyl (C=O) groups is 1. The molecule has 3 rings (SSSR count). The second-order valence-corrected chi connectivity index (χ2v) is 6.15. The summed E-state index contributed by atoms with van der Waals surface area (Å²) in [6, 6.07) is 12.7. The van der Waals surface area contributed by atoms with Crippen molar-refractivity contribution in [1.29, 1.82) is 0 Å². The fraction of sp³-hybridized carbons (Fsp3) is 0.211. The first-order chi connectivity index (χ1) is 11.5. The monoisotopic (exact) mass is 321 g/mol. The van der Waals surface area contributed by atoms with E-state index in [2.05, 4.69) is 24.2 Å². The molecule has 0 radical (unpaired) electrons. The molecule has 3 aromatic rings. The molecule has 0 spiro atoms. The SMILES string of the molecule is Cc1ccc(O)c(-n2cc(C(=O)c3ccc(C(C)C)cc3)nn2)c1. The summed E-state index contributed by atoms with van der Waals surface area (Å²) in [5, 5.41) is 17.9. The fourth-order valence-electron chi connectivity index (χ4n) is 2.47. The Hall–Kier alpha value is -2.95. The lowest BCUT2D eigenvalue weighted by Crippen LogP contribution is -2.02. The van der Waals surface area contributed by atoms with Gasteiger partial charge in [0.1, 0.15) is 11.4 Å². The van der Waals surface area contributed by atoms with Gasteiger partial charge in [-0.1, -0.05) is 49.4 Å². The number of carbonyl (C=O) groups excluding carboxylic acids is 1. The van der Waals surface area contributed by atoms with Gasteiger partial charge in [0.2, 0.25) is 5.78 Å². The number of aromatic hydroxyl groups is 1. The molecule has 0 saturated heterocycles. The van der Waals surface area contributed by atoms with E-state index in [0.29, 0.717) is 17.2 Å². The molecular formula is C19H19N3O2. The van der Waals surface area contributed by atoms with Crippen LogP contribution in [0, 0.1) is 6.92 Å². The molecule has 0 unspecified atom stereocenters. The van der Waals surface area contributed by atoms with Crippen molar-refractivity contribution in [3.8, 4) is 11.4 Å². The largest absolute Gasteiger partial charge is 0.506 e. The van der Waals surface area contributed by atoms with E-state index >= 15 is 0 Å². The van der Waals surface area contributed by atoms with Gasteiger partial charge in [0.15, 0.2) is 5.69 Å². The van der Waals surface area contributed by atoms with Crippen LogP contribution in [-0.2, 0) is 0 Å². The molecule has 0 aliphatic heterocycles. The highest BCUT2D eigenvalue weighted by atomic mass is 16.3. The van der Waals surface area contributed by atoms with Crippen LogP contribution in [0.3, 0.4) is 0 Å². The normalized spacial score (nSPS) is 11.0. The Kier molecular flexibility index (Phi) is 4.16. The second-order valence-electron chi connectivity index (χ2n) is 6.15. The van der Waals surface area contributed by atoms with E-state index in [4.69, 9.17) is 0 Å². The van der Waals surface area contributed by atoms with Crippen LogP contribution in [0.1, 0.15) is 46.9 Å². The number of rotatable bonds is 4. The maximum Gasteiger partial charge on any atom is 0.214 e. The smallest absolute Gasteiger partial charge is 0.214 e. The summed E-state index contributed by atoms with van der Waals surface area (Å²) in [6.07, 6.45) is 1.53. The van der Waals surface area contributed by atoms with Gasteiger partial charge in [0, 0.05) is 5.56 Å². The molecule has 0 aliphatic rings. The van der Waals surface area contributed by atoms with Crippen LogP contribution >= 0.6 is 0 Å². The van der Waals surface area contributed by atoms with Gasteiger partial charge in [0.05, 0.1) is 6.20 Å². The Balaban J connectivity index is 1.90. The summed E-state index contributed by atoms with van der Waals surface area (Å²) in [5.74, 6) is 0.314. The number of ketones is 1. The standard InChI is InChI=1S/C19H19N3O2/c1-12(2)14-5-7-15(8-6-14)19(24)16-11-22(21-20-16)17-10-13(3)4-9-18(17)23/h4-12,23H,1-3H3. The molecule has 0 aliphatic carbocycles. The third-order valence-electron chi connectivity index (χ3n) is 3.94. The molecule has 1 N–H and O–H groups in total. The Morgan fingerprint density at radius 2 is 1.83 bits per heavy atom. The predicted octanol–water partition coefficient (Wildman–Crippen LogP) is 3.64. The number of aromatic nitrogens is 3. The van der Waals surface area contributed by atoms with Crippen LogP contribution in [0.25, 0.3) is 5.69 Å². The molecule has 0 atom stereocenters. The highest BCUT2D eigenvalue weighted by Crippen LogP contribution is 2.22. The number of nitrogens with zero attached hydrogens (tertiary/aromatic N) is 3. The van der Waals surface area contributed by atoms with Gasteiger partial charge in [-0.3, -0.25) is 4.79 Å². The first-order valence-corrected chi connectivity index (χ1v) is 7.82. The minimum Gasteiger partial charge on any atom is -0.506 e. The van der Waals surface area contributed by atoms with Gasteiger partial charge in [-0.25, -0.2) is 4.68 Å². The number of phenols is 1. The van der Waals surface area contributed by atoms with Crippen LogP contribution in [0.2, 0.25) is 0 Å². The van der Waals surface area contributed by atoms with Crippen molar-refractivity contribution in [2.75, 3.05) is 0 Å². The van der Waals surface area contributed by atoms with Gasteiger partial charge >= 0.3 is 0 Å². The first-order valence-electron chi connectivity index (χ1n) is 7.82. The van der Waals surface area contributed by atoms with Crippen LogP contribution in [0.5, 0.6) is 5.75 Å². The lowest BCUT2D eigenvalue weighted by molar-refractivity contribution is 0.103. The van der Waals surface area contributed by atoms with Gasteiger partial charge in [-0.2, -0.15) is 0 Å². The van der Waals surface area contributed by atoms with Crippen LogP contribution in [0.15, 0.2) is 48.7 Å². The zero-order valence-electron chi connectivity index (χ0n) is 13.9. The number of hydrogen-bond donors (Lipinski definition) is 1. The number of phenolic OH excluding ortho intramolecular Hbond substituents is 1. The van der Waals surface area contributed by atoms with Crippen molar-refractivity contribution in [3.63, 3.8) is 0 Å². The second kappa shape index (κ2) is 6.28. The van der Waals surface area contributed by atoms with E-state index in [1.54, 1.807) is 30.3 Å². The third kappa shape index (κ3) is 3.06. The van der Waals surface area contributed by atoms with Gasteiger partial charge in [-0.15, -0.1) is 5.10 Å². The fourth-order valence-corrected chi connectivity index (χ4v) is 2.47. The maximum absolute atomic E-state index is 12.5. The summed E-state index contributed by atoms with van der Waals surface area (Å²) >= 11 is 0. The summed E-state index contributed by atoms with van der Waals surface area (Å²) in [5.41, 5.74) is 3.47. The molecule has 0 fully saturated rings. The number of benzene rings is 2. The average Bonchev–Trinajstić information content (AvgIpc) is 3.06. The first kappa shape index (κ1) is 15.9. The van der Waals surface area contributed by atoms with Crippen molar-refractivity contribution < 1.29 is 9.90 Å².